The summed E-state index contributed by atoms with van der Waals surface area (Å²) in [6, 6.07) is 26.0. The number of rotatable bonds is 39. The Kier molecular flexibility index (Phi) is 30.9. The van der Waals surface area contributed by atoms with Gasteiger partial charge in [-0.25, -0.2) is 0 Å². The van der Waals surface area contributed by atoms with Crippen molar-refractivity contribution in [3.63, 3.8) is 0 Å². The van der Waals surface area contributed by atoms with Gasteiger partial charge in [0, 0.05) is 0 Å². The first kappa shape index (κ1) is 50.3. The van der Waals surface area contributed by atoms with Crippen molar-refractivity contribution in [2.45, 2.75) is 233 Å². The molecular formula is C54H87BiO3. The van der Waals surface area contributed by atoms with E-state index in [0.717, 1.165) is 36.5 Å². The van der Waals surface area contributed by atoms with E-state index in [2.05, 4.69) is 93.6 Å². The van der Waals surface area contributed by atoms with Crippen molar-refractivity contribution < 1.29 is 8.44 Å². The standard InChI is InChI=1S/3C18H30O.Bi/c3*1-2-3-4-5-6-7-8-9-10-11-14-17-15-12-13-16-18(17)19;/h3*12-13,15-16,19H,2-11,14H2,1H3;/q;;;+3/p-3. The minimum Gasteiger partial charge on any atom is -0.0654 e. The van der Waals surface area contributed by atoms with Gasteiger partial charge in [0.05, 0.1) is 0 Å². The average Bonchev–Trinajstić information content (AvgIpc) is 3.24. The molecular weight excluding hydrogens is 906 g/mol. The van der Waals surface area contributed by atoms with Crippen LogP contribution in [0.15, 0.2) is 72.8 Å². The fourth-order valence-electron chi connectivity index (χ4n) is 8.10. The molecule has 0 N–H and O–H groups in total. The van der Waals surface area contributed by atoms with Crippen molar-refractivity contribution in [3.05, 3.63) is 89.5 Å². The van der Waals surface area contributed by atoms with Crippen molar-refractivity contribution in [1.82, 2.24) is 0 Å². The molecule has 0 aromatic heterocycles. The summed E-state index contributed by atoms with van der Waals surface area (Å²) < 4.78 is 20.9. The molecule has 4 heteroatoms. The molecule has 0 saturated carbocycles. The van der Waals surface area contributed by atoms with E-state index in [0.29, 0.717) is 0 Å². The fourth-order valence-corrected chi connectivity index (χ4v) is 12.5. The van der Waals surface area contributed by atoms with Crippen LogP contribution in [0.3, 0.4) is 0 Å². The van der Waals surface area contributed by atoms with E-state index in [-0.39, 0.29) is 0 Å². The molecule has 0 saturated heterocycles. The molecule has 0 fully saturated rings. The van der Waals surface area contributed by atoms with Crippen molar-refractivity contribution >= 4 is 23.1 Å². The normalized spacial score (nSPS) is 11.4. The molecule has 0 unspecified atom stereocenters. The van der Waals surface area contributed by atoms with Gasteiger partial charge in [-0.15, -0.1) is 0 Å². The summed E-state index contributed by atoms with van der Waals surface area (Å²) in [5.41, 5.74) is 3.85. The Morgan fingerprint density at radius 3 is 0.724 bits per heavy atom. The zero-order chi connectivity index (χ0) is 41.0. The topological polar surface area (TPSA) is 27.7 Å². The van der Waals surface area contributed by atoms with Crippen LogP contribution in [0.2, 0.25) is 0 Å². The molecule has 0 bridgehead atoms. The van der Waals surface area contributed by atoms with Crippen LogP contribution in [0.5, 0.6) is 17.2 Å². The van der Waals surface area contributed by atoms with E-state index in [1.54, 1.807) is 0 Å². The number of aryl methyl sites for hydroxylation is 3. The maximum atomic E-state index is 6.98. The van der Waals surface area contributed by atoms with Gasteiger partial charge in [0.15, 0.2) is 0 Å². The first-order valence-electron chi connectivity index (χ1n) is 24.8. The third-order valence-corrected chi connectivity index (χ3v) is 15.9. The number of para-hydroxylation sites is 3. The molecule has 3 aromatic carbocycles. The van der Waals surface area contributed by atoms with Gasteiger partial charge in [-0.1, -0.05) is 59.3 Å². The van der Waals surface area contributed by atoms with Gasteiger partial charge in [0.2, 0.25) is 0 Å². The fraction of sp³-hybridized carbons (Fsp3) is 0.667. The number of unbranched alkanes of at least 4 members (excludes halogenated alkanes) is 27. The third-order valence-electron chi connectivity index (χ3n) is 11.8. The van der Waals surface area contributed by atoms with Gasteiger partial charge < -0.3 is 0 Å². The Bertz CT molecular complexity index is 1210. The molecule has 3 nitrogen and oxygen atoms in total. The summed E-state index contributed by atoms with van der Waals surface area (Å²) in [6.07, 6.45) is 43.5. The number of benzene rings is 3. The Balaban J connectivity index is 1.61. The van der Waals surface area contributed by atoms with E-state index in [1.807, 2.05) is 0 Å². The van der Waals surface area contributed by atoms with E-state index in [4.69, 9.17) is 8.44 Å². The van der Waals surface area contributed by atoms with Crippen LogP contribution in [0.4, 0.5) is 0 Å². The molecule has 0 radical (unpaired) electrons. The summed E-state index contributed by atoms with van der Waals surface area (Å²) in [6.45, 7) is 6.89. The van der Waals surface area contributed by atoms with Gasteiger partial charge in [0.1, 0.15) is 0 Å². The third kappa shape index (κ3) is 24.3. The molecule has 0 aliphatic carbocycles. The van der Waals surface area contributed by atoms with Crippen LogP contribution in [-0.2, 0) is 19.3 Å². The smallest absolute Gasteiger partial charge is 0.0654 e. The Labute approximate surface area is 368 Å². The molecule has 0 atom stereocenters. The van der Waals surface area contributed by atoms with Crippen LogP contribution in [0.25, 0.3) is 0 Å². The predicted octanol–water partition coefficient (Wildman–Crippen LogP) is 17.6. The molecule has 0 aliphatic rings. The summed E-state index contributed by atoms with van der Waals surface area (Å²) in [5.74, 6) is 2.86. The predicted molar refractivity (Wildman–Crippen MR) is 254 cm³/mol. The summed E-state index contributed by atoms with van der Waals surface area (Å²) >= 11 is -3.55. The molecule has 0 spiro atoms. The van der Waals surface area contributed by atoms with Crippen LogP contribution in [0.1, 0.15) is 230 Å². The number of hydrogen-bond acceptors (Lipinski definition) is 3. The average molecular weight is 993 g/mol. The second kappa shape index (κ2) is 35.7. The molecule has 0 heterocycles. The second-order valence-corrected chi connectivity index (χ2v) is 21.0. The second-order valence-electron chi connectivity index (χ2n) is 17.1. The maximum absolute atomic E-state index is 6.98. The quantitative estimate of drug-likeness (QED) is 0.0421. The molecule has 3 aromatic rings. The minimum absolute atomic E-state index is 0.954. The molecule has 58 heavy (non-hydrogen) atoms. The summed E-state index contributed by atoms with van der Waals surface area (Å²) in [5, 5.41) is 0. The molecule has 326 valence electrons. The van der Waals surface area contributed by atoms with Crippen molar-refractivity contribution in [2.75, 3.05) is 0 Å². The van der Waals surface area contributed by atoms with Crippen molar-refractivity contribution in [1.29, 1.82) is 0 Å². The molecule has 0 aliphatic heterocycles. The van der Waals surface area contributed by atoms with E-state index < -0.39 is 23.1 Å². The Morgan fingerprint density at radius 1 is 0.276 bits per heavy atom. The molecule has 3 rings (SSSR count). The summed E-state index contributed by atoms with van der Waals surface area (Å²) in [7, 11) is 0. The van der Waals surface area contributed by atoms with Crippen molar-refractivity contribution in [3.8, 4) is 17.2 Å². The van der Waals surface area contributed by atoms with Crippen LogP contribution >= 0.6 is 0 Å². The van der Waals surface area contributed by atoms with Crippen LogP contribution in [0, 0.1) is 0 Å². The Morgan fingerprint density at radius 2 is 0.483 bits per heavy atom. The summed E-state index contributed by atoms with van der Waals surface area (Å²) in [4.78, 5) is 0. The van der Waals surface area contributed by atoms with Gasteiger partial charge in [0.25, 0.3) is 0 Å². The van der Waals surface area contributed by atoms with Gasteiger partial charge in [-0.3, -0.25) is 0 Å². The van der Waals surface area contributed by atoms with Gasteiger partial charge in [-0.05, 0) is 0 Å². The van der Waals surface area contributed by atoms with Gasteiger partial charge in [-0.2, -0.15) is 0 Å². The van der Waals surface area contributed by atoms with E-state index in [1.165, 1.54) is 209 Å². The minimum atomic E-state index is -3.55. The monoisotopic (exact) mass is 993 g/mol. The van der Waals surface area contributed by atoms with Gasteiger partial charge >= 0.3 is 312 Å². The van der Waals surface area contributed by atoms with Crippen LogP contribution in [-0.4, -0.2) is 23.1 Å². The van der Waals surface area contributed by atoms with Crippen molar-refractivity contribution in [2.24, 2.45) is 0 Å². The van der Waals surface area contributed by atoms with Crippen LogP contribution < -0.4 is 8.44 Å². The molecule has 0 amide bonds. The number of hydrogen-bond donors (Lipinski definition) is 0. The van der Waals surface area contributed by atoms with E-state index in [9.17, 15) is 0 Å². The zero-order valence-electron chi connectivity index (χ0n) is 37.9. The zero-order valence-corrected chi connectivity index (χ0v) is 41.4. The first-order valence-corrected chi connectivity index (χ1v) is 29.1. The SMILES string of the molecule is CCCCCCCCCCCCc1ccccc1[O][Bi]([O]c1ccccc1CCCCCCCCCCCC)[O]c1ccccc1CCCCCCCCCCCC. The Hall–Kier alpha value is -2.06. The first-order chi connectivity index (χ1) is 28.7. The van der Waals surface area contributed by atoms with E-state index >= 15 is 0 Å².